The van der Waals surface area contributed by atoms with E-state index >= 15 is 0 Å². The molecule has 2 rings (SSSR count). The molecular weight excluding hydrogens is 264 g/mol. The van der Waals surface area contributed by atoms with Crippen LogP contribution in [0.5, 0.6) is 0 Å². The van der Waals surface area contributed by atoms with Crippen molar-refractivity contribution in [1.82, 2.24) is 4.90 Å². The van der Waals surface area contributed by atoms with Crippen molar-refractivity contribution in [2.45, 2.75) is 6.42 Å². The lowest BCUT2D eigenvalue weighted by atomic mass is 10.1. The van der Waals surface area contributed by atoms with E-state index < -0.39 is 0 Å². The van der Waals surface area contributed by atoms with E-state index in [1.807, 2.05) is 6.08 Å². The Hall–Kier alpha value is -1.52. The van der Waals surface area contributed by atoms with Crippen LogP contribution in [-0.4, -0.2) is 37.6 Å². The largest absolute Gasteiger partial charge is 0.398 e. The highest BCUT2D eigenvalue weighted by molar-refractivity contribution is 6.31. The fraction of sp³-hybridized carbons (Fsp3) is 0.357. The molecule has 2 N–H and O–H groups in total. The predicted molar refractivity (Wildman–Crippen MR) is 76.3 cm³/mol. The van der Waals surface area contributed by atoms with Gasteiger partial charge in [-0.05, 0) is 30.2 Å². The molecule has 1 aromatic rings. The maximum absolute atomic E-state index is 12.3. The Kier molecular flexibility index (Phi) is 4.45. The van der Waals surface area contributed by atoms with Crippen molar-refractivity contribution in [3.63, 3.8) is 0 Å². The summed E-state index contributed by atoms with van der Waals surface area (Å²) in [6.07, 6.45) is 2.88. The predicted octanol–water partition coefficient (Wildman–Crippen LogP) is 2.34. The van der Waals surface area contributed by atoms with Crippen molar-refractivity contribution in [1.29, 1.82) is 0 Å². The third kappa shape index (κ3) is 3.28. The van der Waals surface area contributed by atoms with Gasteiger partial charge >= 0.3 is 0 Å². The summed E-state index contributed by atoms with van der Waals surface area (Å²) in [5, 5.41) is 0.537. The smallest absolute Gasteiger partial charge is 0.256 e. The number of anilines is 1. The number of ether oxygens (including phenoxy) is 1. The second-order valence-corrected chi connectivity index (χ2v) is 4.96. The monoisotopic (exact) mass is 280 g/mol. The van der Waals surface area contributed by atoms with E-state index in [9.17, 15) is 4.79 Å². The minimum Gasteiger partial charge on any atom is -0.398 e. The van der Waals surface area contributed by atoms with Gasteiger partial charge in [0.15, 0.2) is 0 Å². The summed E-state index contributed by atoms with van der Waals surface area (Å²) in [4.78, 5) is 14.1. The van der Waals surface area contributed by atoms with Crippen molar-refractivity contribution in [2.24, 2.45) is 0 Å². The number of nitrogen functional groups attached to an aromatic ring is 1. The summed E-state index contributed by atoms with van der Waals surface area (Å²) in [7, 11) is 1.67. The first kappa shape index (κ1) is 13.9. The number of rotatable bonds is 3. The van der Waals surface area contributed by atoms with Gasteiger partial charge in [-0.15, -0.1) is 0 Å². The van der Waals surface area contributed by atoms with Crippen molar-refractivity contribution < 1.29 is 9.53 Å². The zero-order chi connectivity index (χ0) is 13.8. The zero-order valence-corrected chi connectivity index (χ0v) is 11.6. The molecule has 1 aliphatic rings. The van der Waals surface area contributed by atoms with Gasteiger partial charge in [0.25, 0.3) is 5.91 Å². The molecule has 1 aromatic carbocycles. The number of hydrogen-bond donors (Lipinski definition) is 1. The summed E-state index contributed by atoms with van der Waals surface area (Å²) >= 11 is 5.83. The first-order valence-electron chi connectivity index (χ1n) is 6.13. The van der Waals surface area contributed by atoms with Gasteiger partial charge in [-0.3, -0.25) is 4.79 Å². The summed E-state index contributed by atoms with van der Waals surface area (Å²) in [6, 6.07) is 4.96. The Morgan fingerprint density at radius 3 is 2.89 bits per heavy atom. The van der Waals surface area contributed by atoms with Crippen LogP contribution in [0.4, 0.5) is 5.69 Å². The van der Waals surface area contributed by atoms with Gasteiger partial charge in [0.05, 0.1) is 12.2 Å². The molecule has 1 heterocycles. The van der Waals surface area contributed by atoms with Crippen LogP contribution >= 0.6 is 11.6 Å². The SMILES string of the molecule is COCC1=CCN(C(=O)c2ccc(Cl)cc2N)CC1. The molecule has 0 atom stereocenters. The number of carbonyl (C=O) groups excluding carboxylic acids is 1. The molecule has 0 spiro atoms. The summed E-state index contributed by atoms with van der Waals surface area (Å²) < 4.78 is 5.09. The highest BCUT2D eigenvalue weighted by Crippen LogP contribution is 2.21. The number of nitrogens with two attached hydrogens (primary N) is 1. The molecule has 102 valence electrons. The number of halogens is 1. The minimum absolute atomic E-state index is 0.0538. The third-order valence-electron chi connectivity index (χ3n) is 3.16. The van der Waals surface area contributed by atoms with Crippen molar-refractivity contribution in [3.8, 4) is 0 Å². The van der Waals surface area contributed by atoms with Crippen LogP contribution in [0, 0.1) is 0 Å². The van der Waals surface area contributed by atoms with Crippen LogP contribution in [0.2, 0.25) is 5.02 Å². The Morgan fingerprint density at radius 1 is 1.53 bits per heavy atom. The van der Waals surface area contributed by atoms with Gasteiger partial charge in [0.2, 0.25) is 0 Å². The molecule has 0 unspecified atom stereocenters. The first-order valence-corrected chi connectivity index (χ1v) is 6.50. The number of amides is 1. The van der Waals surface area contributed by atoms with Gasteiger partial charge in [-0.1, -0.05) is 17.7 Å². The molecule has 1 amide bonds. The Labute approximate surface area is 117 Å². The molecular formula is C14H17ClN2O2. The van der Waals surface area contributed by atoms with Crippen molar-refractivity contribution in [3.05, 3.63) is 40.4 Å². The van der Waals surface area contributed by atoms with Crippen LogP contribution in [0.3, 0.4) is 0 Å². The van der Waals surface area contributed by atoms with Crippen molar-refractivity contribution >= 4 is 23.2 Å². The molecule has 4 nitrogen and oxygen atoms in total. The molecule has 0 aromatic heterocycles. The molecule has 5 heteroatoms. The zero-order valence-electron chi connectivity index (χ0n) is 10.9. The third-order valence-corrected chi connectivity index (χ3v) is 3.40. The van der Waals surface area contributed by atoms with E-state index in [-0.39, 0.29) is 5.91 Å². The minimum atomic E-state index is -0.0538. The Morgan fingerprint density at radius 2 is 2.32 bits per heavy atom. The second kappa shape index (κ2) is 6.08. The summed E-state index contributed by atoms with van der Waals surface area (Å²) in [6.45, 7) is 1.92. The molecule has 0 saturated heterocycles. The molecule has 0 radical (unpaired) electrons. The molecule has 0 saturated carbocycles. The average molecular weight is 281 g/mol. The molecule has 1 aliphatic heterocycles. The van der Waals surface area contributed by atoms with Gasteiger partial charge < -0.3 is 15.4 Å². The molecule has 0 aliphatic carbocycles. The van der Waals surface area contributed by atoms with E-state index in [2.05, 4.69) is 0 Å². The number of nitrogens with zero attached hydrogens (tertiary/aromatic N) is 1. The number of carbonyl (C=O) groups is 1. The highest BCUT2D eigenvalue weighted by atomic mass is 35.5. The van der Waals surface area contributed by atoms with E-state index in [0.717, 1.165) is 6.42 Å². The first-order chi connectivity index (χ1) is 9.11. The standard InChI is InChI=1S/C14H17ClN2O2/c1-19-9-10-4-6-17(7-5-10)14(18)12-3-2-11(15)8-13(12)16/h2-4,8H,5-7,9,16H2,1H3. The molecule has 0 fully saturated rings. The average Bonchev–Trinajstić information content (AvgIpc) is 2.39. The lowest BCUT2D eigenvalue weighted by Gasteiger charge is -2.26. The van der Waals surface area contributed by atoms with Crippen LogP contribution in [0.25, 0.3) is 0 Å². The lowest BCUT2D eigenvalue weighted by molar-refractivity contribution is 0.0766. The van der Waals surface area contributed by atoms with Gasteiger partial charge in [-0.25, -0.2) is 0 Å². The Bertz CT molecular complexity index is 514. The maximum Gasteiger partial charge on any atom is 0.256 e. The topological polar surface area (TPSA) is 55.6 Å². The van der Waals surface area contributed by atoms with Gasteiger partial charge in [0, 0.05) is 30.9 Å². The summed E-state index contributed by atoms with van der Waals surface area (Å²) in [5.74, 6) is -0.0538. The fourth-order valence-electron chi connectivity index (χ4n) is 2.11. The number of hydrogen-bond acceptors (Lipinski definition) is 3. The Balaban J connectivity index is 2.09. The molecule has 19 heavy (non-hydrogen) atoms. The highest BCUT2D eigenvalue weighted by Gasteiger charge is 2.20. The quantitative estimate of drug-likeness (QED) is 0.683. The summed E-state index contributed by atoms with van der Waals surface area (Å²) in [5.41, 5.74) is 8.00. The van der Waals surface area contributed by atoms with E-state index in [4.69, 9.17) is 22.1 Å². The van der Waals surface area contributed by atoms with Gasteiger partial charge in [0.1, 0.15) is 0 Å². The van der Waals surface area contributed by atoms with E-state index in [0.29, 0.717) is 36.0 Å². The van der Waals surface area contributed by atoms with E-state index in [1.165, 1.54) is 5.57 Å². The number of benzene rings is 1. The maximum atomic E-state index is 12.3. The van der Waals surface area contributed by atoms with Crippen LogP contribution < -0.4 is 5.73 Å². The normalized spacial score (nSPS) is 15.3. The van der Waals surface area contributed by atoms with Crippen LogP contribution in [-0.2, 0) is 4.74 Å². The second-order valence-electron chi connectivity index (χ2n) is 4.53. The fourth-order valence-corrected chi connectivity index (χ4v) is 2.29. The van der Waals surface area contributed by atoms with Gasteiger partial charge in [-0.2, -0.15) is 0 Å². The molecule has 0 bridgehead atoms. The number of methoxy groups -OCH3 is 1. The van der Waals surface area contributed by atoms with Crippen molar-refractivity contribution in [2.75, 3.05) is 32.5 Å². The van der Waals surface area contributed by atoms with Crippen LogP contribution in [0.15, 0.2) is 29.8 Å². The van der Waals surface area contributed by atoms with E-state index in [1.54, 1.807) is 30.2 Å². The lowest BCUT2D eigenvalue weighted by Crippen LogP contribution is -2.35. The van der Waals surface area contributed by atoms with Crippen LogP contribution in [0.1, 0.15) is 16.8 Å².